The van der Waals surface area contributed by atoms with Crippen LogP contribution in [0, 0.1) is 18.6 Å². The number of halogens is 4. The third-order valence-electron chi connectivity index (χ3n) is 4.69. The summed E-state index contributed by atoms with van der Waals surface area (Å²) >= 11 is 12.0. The lowest BCUT2D eigenvalue weighted by Crippen LogP contribution is -2.15. The Balaban J connectivity index is 1.43. The van der Waals surface area contributed by atoms with E-state index in [1.165, 1.54) is 6.20 Å². The van der Waals surface area contributed by atoms with E-state index in [9.17, 15) is 13.6 Å². The highest BCUT2D eigenvalue weighted by molar-refractivity contribution is 6.42. The molecule has 7 nitrogen and oxygen atoms in total. The Bertz CT molecular complexity index is 1320. The molecule has 0 saturated carbocycles. The summed E-state index contributed by atoms with van der Waals surface area (Å²) in [6.45, 7) is 1.81. The van der Waals surface area contributed by atoms with Crippen molar-refractivity contribution in [2.75, 3.05) is 5.32 Å². The summed E-state index contributed by atoms with van der Waals surface area (Å²) in [6.07, 6.45) is 3.11. The maximum absolute atomic E-state index is 13.8. The fourth-order valence-corrected chi connectivity index (χ4v) is 3.33. The van der Waals surface area contributed by atoms with Crippen LogP contribution in [0.25, 0.3) is 0 Å². The number of aryl methyl sites for hydroxylation is 1. The summed E-state index contributed by atoms with van der Waals surface area (Å²) in [6, 6.07) is 8.19. The number of amides is 1. The van der Waals surface area contributed by atoms with Gasteiger partial charge in [-0.25, -0.2) is 8.78 Å². The van der Waals surface area contributed by atoms with E-state index in [-0.39, 0.29) is 18.1 Å². The van der Waals surface area contributed by atoms with E-state index in [0.717, 1.165) is 17.7 Å². The zero-order chi connectivity index (χ0) is 23.5. The molecule has 0 aliphatic rings. The van der Waals surface area contributed by atoms with Crippen LogP contribution in [0.4, 0.5) is 14.5 Å². The number of ether oxygens (including phenoxy) is 1. The molecular weight excluding hydrogens is 477 g/mol. The van der Waals surface area contributed by atoms with Crippen LogP contribution in [-0.2, 0) is 13.2 Å². The first-order valence-electron chi connectivity index (χ1n) is 9.61. The predicted octanol–water partition coefficient (Wildman–Crippen LogP) is 5.64. The van der Waals surface area contributed by atoms with Gasteiger partial charge in [0, 0.05) is 12.3 Å². The van der Waals surface area contributed by atoms with Crippen LogP contribution < -0.4 is 10.1 Å². The Kier molecular flexibility index (Phi) is 6.62. The fourth-order valence-electron chi connectivity index (χ4n) is 3.01. The summed E-state index contributed by atoms with van der Waals surface area (Å²) in [4.78, 5) is 12.7. The van der Waals surface area contributed by atoms with Crippen LogP contribution >= 0.6 is 23.2 Å². The van der Waals surface area contributed by atoms with Crippen LogP contribution in [0.1, 0.15) is 27.4 Å². The van der Waals surface area contributed by atoms with Crippen molar-refractivity contribution < 1.29 is 22.8 Å². The molecule has 4 rings (SSSR count). The molecule has 0 aliphatic carbocycles. The minimum Gasteiger partial charge on any atom is -0.486 e. The minimum absolute atomic E-state index is 0.0211. The number of benzene rings is 2. The van der Waals surface area contributed by atoms with Crippen LogP contribution in [0.3, 0.4) is 0 Å². The molecule has 4 aromatic rings. The van der Waals surface area contributed by atoms with Gasteiger partial charge in [-0.3, -0.25) is 9.48 Å². The van der Waals surface area contributed by atoms with Gasteiger partial charge in [-0.15, -0.1) is 0 Å². The number of nitrogens with one attached hydrogen (secondary N) is 1. The van der Waals surface area contributed by atoms with Crippen molar-refractivity contribution in [3.63, 3.8) is 0 Å². The fraction of sp³-hybridized carbons (Fsp3) is 0.136. The highest BCUT2D eigenvalue weighted by Gasteiger charge is 2.21. The molecule has 170 valence electrons. The van der Waals surface area contributed by atoms with E-state index < -0.39 is 17.5 Å². The van der Waals surface area contributed by atoms with Gasteiger partial charge in [-0.2, -0.15) is 5.10 Å². The number of hydrogen-bond donors (Lipinski definition) is 1. The lowest BCUT2D eigenvalue weighted by atomic mass is 10.2. The average molecular weight is 493 g/mol. The van der Waals surface area contributed by atoms with E-state index in [1.54, 1.807) is 29.9 Å². The molecule has 2 aromatic carbocycles. The molecule has 0 spiro atoms. The van der Waals surface area contributed by atoms with Crippen molar-refractivity contribution in [3.05, 3.63) is 93.1 Å². The summed E-state index contributed by atoms with van der Waals surface area (Å²) in [5.74, 6) is -1.96. The van der Waals surface area contributed by atoms with Crippen molar-refractivity contribution in [2.24, 2.45) is 0 Å². The number of nitrogens with zero attached hydrogens (tertiary/aromatic N) is 3. The molecule has 1 amide bonds. The Morgan fingerprint density at radius 2 is 2.00 bits per heavy atom. The molecule has 0 fully saturated rings. The third kappa shape index (κ3) is 5.32. The summed E-state index contributed by atoms with van der Waals surface area (Å²) in [7, 11) is 0. The first kappa shape index (κ1) is 22.8. The molecular formula is C22H16Cl2F2N4O3. The second kappa shape index (κ2) is 9.60. The van der Waals surface area contributed by atoms with Crippen molar-refractivity contribution in [2.45, 2.75) is 20.1 Å². The van der Waals surface area contributed by atoms with Crippen LogP contribution in [-0.4, -0.2) is 20.8 Å². The van der Waals surface area contributed by atoms with E-state index in [2.05, 4.69) is 15.6 Å². The van der Waals surface area contributed by atoms with Gasteiger partial charge in [0.15, 0.2) is 17.3 Å². The molecule has 0 unspecified atom stereocenters. The van der Waals surface area contributed by atoms with E-state index in [0.29, 0.717) is 39.7 Å². The first-order chi connectivity index (χ1) is 15.8. The predicted molar refractivity (Wildman–Crippen MR) is 118 cm³/mol. The van der Waals surface area contributed by atoms with E-state index >= 15 is 0 Å². The highest BCUT2D eigenvalue weighted by Crippen LogP contribution is 2.24. The zero-order valence-electron chi connectivity index (χ0n) is 17.1. The normalized spacial score (nSPS) is 10.9. The van der Waals surface area contributed by atoms with Crippen molar-refractivity contribution in [3.8, 4) is 5.75 Å². The third-order valence-corrected chi connectivity index (χ3v) is 5.42. The van der Waals surface area contributed by atoms with Gasteiger partial charge in [-0.1, -0.05) is 34.4 Å². The summed E-state index contributed by atoms with van der Waals surface area (Å²) in [5, 5.41) is 11.6. The Morgan fingerprint density at radius 1 is 1.18 bits per heavy atom. The van der Waals surface area contributed by atoms with E-state index in [4.69, 9.17) is 32.5 Å². The van der Waals surface area contributed by atoms with Gasteiger partial charge in [0.2, 0.25) is 0 Å². The molecule has 0 bridgehead atoms. The van der Waals surface area contributed by atoms with Crippen molar-refractivity contribution >= 4 is 34.8 Å². The molecule has 0 radical (unpaired) electrons. The van der Waals surface area contributed by atoms with Crippen molar-refractivity contribution in [1.29, 1.82) is 0 Å². The second-order valence-corrected chi connectivity index (χ2v) is 7.87. The quantitative estimate of drug-likeness (QED) is 0.360. The van der Waals surface area contributed by atoms with Crippen LogP contribution in [0.15, 0.2) is 53.3 Å². The average Bonchev–Trinajstić information content (AvgIpc) is 3.36. The van der Waals surface area contributed by atoms with Gasteiger partial charge in [0.25, 0.3) is 5.91 Å². The maximum Gasteiger partial charge on any atom is 0.278 e. The lowest BCUT2D eigenvalue weighted by molar-refractivity contribution is 0.101. The second-order valence-electron chi connectivity index (χ2n) is 7.06. The highest BCUT2D eigenvalue weighted by atomic mass is 35.5. The Hall–Kier alpha value is -3.43. The van der Waals surface area contributed by atoms with Crippen LogP contribution in [0.5, 0.6) is 5.75 Å². The molecule has 0 atom stereocenters. The van der Waals surface area contributed by atoms with Gasteiger partial charge in [0.05, 0.1) is 34.0 Å². The molecule has 33 heavy (non-hydrogen) atoms. The zero-order valence-corrected chi connectivity index (χ0v) is 18.6. The number of hydrogen-bond acceptors (Lipinski definition) is 5. The Labute approximate surface area is 196 Å². The number of rotatable bonds is 7. The number of carbonyl (C=O) groups is 1. The lowest BCUT2D eigenvalue weighted by Gasteiger charge is -2.08. The van der Waals surface area contributed by atoms with Gasteiger partial charge in [0.1, 0.15) is 18.2 Å². The summed E-state index contributed by atoms with van der Waals surface area (Å²) < 4.78 is 39.0. The standard InChI is InChI=1S/C22H16Cl2F2N4O3/c1-12-16(11-32-20-5-3-14(25)7-19(20)26)21(29-33-12)22(31)28-15-8-27-30(10-15)9-13-2-4-17(23)18(24)6-13/h2-8,10H,9,11H2,1H3,(H,28,31). The van der Waals surface area contributed by atoms with Crippen molar-refractivity contribution in [1.82, 2.24) is 14.9 Å². The largest absolute Gasteiger partial charge is 0.486 e. The molecule has 0 saturated heterocycles. The Morgan fingerprint density at radius 3 is 2.76 bits per heavy atom. The summed E-state index contributed by atoms with van der Waals surface area (Å²) in [5.41, 5.74) is 1.62. The first-order valence-corrected chi connectivity index (χ1v) is 10.4. The molecule has 2 heterocycles. The van der Waals surface area contributed by atoms with Crippen LogP contribution in [0.2, 0.25) is 10.0 Å². The number of carbonyl (C=O) groups excluding carboxylic acids is 1. The van der Waals surface area contributed by atoms with Gasteiger partial charge >= 0.3 is 0 Å². The molecule has 0 aliphatic heterocycles. The molecule has 1 N–H and O–H groups in total. The minimum atomic E-state index is -0.857. The molecule has 11 heteroatoms. The maximum atomic E-state index is 13.8. The SMILES string of the molecule is Cc1onc(C(=O)Nc2cnn(Cc3ccc(Cl)c(Cl)c3)c2)c1COc1ccc(F)cc1F. The monoisotopic (exact) mass is 492 g/mol. The van der Waals surface area contributed by atoms with E-state index in [1.807, 2.05) is 6.07 Å². The number of aromatic nitrogens is 3. The van der Waals surface area contributed by atoms with Gasteiger partial charge in [-0.05, 0) is 36.8 Å². The van der Waals surface area contributed by atoms with Gasteiger partial charge < -0.3 is 14.6 Å². The topological polar surface area (TPSA) is 82.2 Å². The molecule has 2 aromatic heterocycles. The smallest absolute Gasteiger partial charge is 0.278 e. The number of anilines is 1.